The van der Waals surface area contributed by atoms with Crippen molar-refractivity contribution < 1.29 is 23.4 Å². The smallest absolute Gasteiger partial charge is 0.410 e. The van der Waals surface area contributed by atoms with Crippen molar-refractivity contribution in [1.29, 1.82) is 0 Å². The van der Waals surface area contributed by atoms with Gasteiger partial charge in [0.05, 0.1) is 27.5 Å². The highest BCUT2D eigenvalue weighted by Crippen LogP contribution is 2.46. The van der Waals surface area contributed by atoms with Gasteiger partial charge in [0, 0.05) is 37.1 Å². The Hall–Kier alpha value is -2.11. The zero-order valence-electron chi connectivity index (χ0n) is 21.8. The molecule has 3 fully saturated rings. The first-order valence-electron chi connectivity index (χ1n) is 13.1. The van der Waals surface area contributed by atoms with Crippen LogP contribution in [-0.4, -0.2) is 95.2 Å². The van der Waals surface area contributed by atoms with Gasteiger partial charge >= 0.3 is 12.1 Å². The molecule has 206 valence electrons. The first kappa shape index (κ1) is 26.1. The second-order valence-corrected chi connectivity index (χ2v) is 12.9. The summed E-state index contributed by atoms with van der Waals surface area (Å²) < 4.78 is 33.0. The fraction of sp³-hybridized carbons (Fsp3) is 0.654. The minimum atomic E-state index is -0.832. The van der Waals surface area contributed by atoms with Gasteiger partial charge in [-0.2, -0.15) is 9.97 Å². The maximum atomic E-state index is 14.3. The van der Waals surface area contributed by atoms with Crippen LogP contribution in [0, 0.1) is 0 Å². The first-order chi connectivity index (χ1) is 18.0. The lowest BCUT2D eigenvalue weighted by Crippen LogP contribution is -2.57. The SMILES string of the molecule is CC(C)(C)OC(=O)N1CCN2c3nc(OC[C@@]45CCCN4C[C@H](F)C5)nc4cc(Br)c(Cl)c(c34)OC[C@H]2C1. The Labute approximate surface area is 234 Å². The number of rotatable bonds is 3. The number of carbonyl (C=O) groups excluding carboxylic acids is 1. The number of aromatic nitrogens is 2. The van der Waals surface area contributed by atoms with Crippen molar-refractivity contribution >= 4 is 50.3 Å². The highest BCUT2D eigenvalue weighted by Gasteiger charge is 2.49. The summed E-state index contributed by atoms with van der Waals surface area (Å²) in [6, 6.07) is 1.91. The summed E-state index contributed by atoms with van der Waals surface area (Å²) in [5.74, 6) is 1.17. The van der Waals surface area contributed by atoms with E-state index < -0.39 is 11.8 Å². The molecule has 1 amide bonds. The van der Waals surface area contributed by atoms with Gasteiger partial charge in [-0.25, -0.2) is 9.18 Å². The minimum absolute atomic E-state index is 0.171. The minimum Gasteiger partial charge on any atom is -0.489 e. The summed E-state index contributed by atoms with van der Waals surface area (Å²) >= 11 is 10.2. The summed E-state index contributed by atoms with van der Waals surface area (Å²) in [7, 11) is 0. The second kappa shape index (κ2) is 9.52. The molecule has 1 aromatic carbocycles. The maximum Gasteiger partial charge on any atom is 0.410 e. The van der Waals surface area contributed by atoms with Crippen LogP contribution in [0.3, 0.4) is 0 Å². The van der Waals surface area contributed by atoms with Crippen LogP contribution in [0.4, 0.5) is 15.0 Å². The molecule has 0 radical (unpaired) electrons. The van der Waals surface area contributed by atoms with Crippen LogP contribution in [0.25, 0.3) is 10.9 Å². The van der Waals surface area contributed by atoms with Crippen molar-refractivity contribution in [1.82, 2.24) is 19.8 Å². The number of amides is 1. The zero-order valence-corrected chi connectivity index (χ0v) is 24.1. The van der Waals surface area contributed by atoms with E-state index in [-0.39, 0.29) is 23.7 Å². The molecule has 6 rings (SSSR count). The van der Waals surface area contributed by atoms with Crippen molar-refractivity contribution in [2.24, 2.45) is 0 Å². The van der Waals surface area contributed by atoms with Crippen LogP contribution in [0.2, 0.25) is 5.02 Å². The largest absolute Gasteiger partial charge is 0.489 e. The lowest BCUT2D eigenvalue weighted by molar-refractivity contribution is 0.0202. The molecule has 4 aliphatic rings. The fourth-order valence-electron chi connectivity index (χ4n) is 6.17. The van der Waals surface area contributed by atoms with E-state index in [1.807, 2.05) is 26.8 Å². The summed E-state index contributed by atoms with van der Waals surface area (Å²) in [5, 5.41) is 1.16. The van der Waals surface area contributed by atoms with Gasteiger partial charge in [-0.15, -0.1) is 0 Å². The quantitative estimate of drug-likeness (QED) is 0.488. The second-order valence-electron chi connectivity index (χ2n) is 11.7. The number of hydrogen-bond acceptors (Lipinski definition) is 8. The van der Waals surface area contributed by atoms with Crippen molar-refractivity contribution in [3.63, 3.8) is 0 Å². The number of alkyl halides is 1. The van der Waals surface area contributed by atoms with Crippen LogP contribution >= 0.6 is 27.5 Å². The number of carbonyl (C=O) groups is 1. The standard InChI is InChI=1S/C26H32BrClFN5O4/c1-25(2,3)38-24(35)32-7-8-34-16(12-32)13-36-21-19-18(9-17(27)20(21)28)30-23(31-22(19)34)37-14-26-5-4-6-33(26)11-15(29)10-26/h9,15-16H,4-8,10-14H2,1-3H3/t15-,16-,26+/m1/s1. The monoisotopic (exact) mass is 611 g/mol. The molecule has 0 saturated carbocycles. The topological polar surface area (TPSA) is 80.3 Å². The highest BCUT2D eigenvalue weighted by molar-refractivity contribution is 9.10. The van der Waals surface area contributed by atoms with Gasteiger partial charge in [0.25, 0.3) is 0 Å². The normalized spacial score (nSPS) is 27.1. The number of piperazine rings is 1. The molecule has 0 spiro atoms. The highest BCUT2D eigenvalue weighted by atomic mass is 79.9. The zero-order chi connectivity index (χ0) is 26.8. The molecule has 9 nitrogen and oxygen atoms in total. The van der Waals surface area contributed by atoms with Crippen molar-refractivity contribution in [2.75, 3.05) is 50.8 Å². The molecule has 1 aromatic heterocycles. The van der Waals surface area contributed by atoms with E-state index in [0.717, 1.165) is 19.4 Å². The predicted molar refractivity (Wildman–Crippen MR) is 145 cm³/mol. The van der Waals surface area contributed by atoms with Gasteiger partial charge in [-0.1, -0.05) is 11.6 Å². The molecule has 2 aromatic rings. The van der Waals surface area contributed by atoms with Crippen LogP contribution in [0.15, 0.2) is 10.5 Å². The van der Waals surface area contributed by atoms with Gasteiger partial charge in [-0.3, -0.25) is 4.90 Å². The van der Waals surface area contributed by atoms with E-state index in [4.69, 9.17) is 35.8 Å². The van der Waals surface area contributed by atoms with E-state index >= 15 is 0 Å². The third-order valence-electron chi connectivity index (χ3n) is 7.85. The van der Waals surface area contributed by atoms with Crippen LogP contribution in [0.1, 0.15) is 40.0 Å². The average Bonchev–Trinajstić information content (AvgIpc) is 3.31. The number of halogens is 3. The summed E-state index contributed by atoms with van der Waals surface area (Å²) in [6.45, 7) is 9.00. The fourth-order valence-corrected chi connectivity index (χ4v) is 6.77. The number of hydrogen-bond donors (Lipinski definition) is 0. The molecule has 0 bridgehead atoms. The number of anilines is 1. The van der Waals surface area contributed by atoms with E-state index in [2.05, 4.69) is 25.7 Å². The Morgan fingerprint density at radius 2 is 2.11 bits per heavy atom. The van der Waals surface area contributed by atoms with Gasteiger partial charge in [0.1, 0.15) is 30.8 Å². The first-order valence-corrected chi connectivity index (χ1v) is 14.3. The van der Waals surface area contributed by atoms with E-state index in [1.54, 1.807) is 4.90 Å². The van der Waals surface area contributed by atoms with Crippen LogP contribution in [0.5, 0.6) is 11.8 Å². The van der Waals surface area contributed by atoms with Gasteiger partial charge in [-0.05, 0) is 62.2 Å². The van der Waals surface area contributed by atoms with Crippen molar-refractivity contribution in [3.05, 3.63) is 15.6 Å². The number of fused-ring (bicyclic) bond motifs is 3. The average molecular weight is 613 g/mol. The van der Waals surface area contributed by atoms with E-state index in [0.29, 0.717) is 77.8 Å². The molecule has 4 aliphatic heterocycles. The molecule has 3 saturated heterocycles. The molecule has 0 unspecified atom stereocenters. The maximum absolute atomic E-state index is 14.3. The third kappa shape index (κ3) is 4.64. The Morgan fingerprint density at radius 1 is 1.29 bits per heavy atom. The molecule has 0 aliphatic carbocycles. The third-order valence-corrected chi connectivity index (χ3v) is 9.08. The van der Waals surface area contributed by atoms with Gasteiger partial charge < -0.3 is 24.0 Å². The molecule has 0 N–H and O–H groups in total. The van der Waals surface area contributed by atoms with Gasteiger partial charge in [0.15, 0.2) is 5.75 Å². The number of benzene rings is 1. The van der Waals surface area contributed by atoms with Crippen LogP contribution in [-0.2, 0) is 4.74 Å². The summed E-state index contributed by atoms with van der Waals surface area (Å²) in [4.78, 5) is 28.4. The summed E-state index contributed by atoms with van der Waals surface area (Å²) in [5.41, 5.74) is -0.241. The molecular formula is C26H32BrClFN5O4. The Morgan fingerprint density at radius 3 is 2.89 bits per heavy atom. The Bertz CT molecular complexity index is 1280. The van der Waals surface area contributed by atoms with Crippen LogP contribution < -0.4 is 14.4 Å². The van der Waals surface area contributed by atoms with E-state index in [9.17, 15) is 9.18 Å². The molecule has 3 atom stereocenters. The lowest BCUT2D eigenvalue weighted by atomic mass is 9.95. The molecule has 38 heavy (non-hydrogen) atoms. The van der Waals surface area contributed by atoms with E-state index in [1.165, 1.54) is 0 Å². The Balaban J connectivity index is 1.32. The molecule has 5 heterocycles. The summed E-state index contributed by atoms with van der Waals surface area (Å²) in [6.07, 6.45) is 1.24. The lowest BCUT2D eigenvalue weighted by Gasteiger charge is -2.41. The van der Waals surface area contributed by atoms with Crippen molar-refractivity contribution in [2.45, 2.75) is 63.4 Å². The predicted octanol–water partition coefficient (Wildman–Crippen LogP) is 4.82. The molecule has 12 heteroatoms. The number of nitrogens with zero attached hydrogens (tertiary/aromatic N) is 5. The Kier molecular flexibility index (Phi) is 6.54. The van der Waals surface area contributed by atoms with Gasteiger partial charge in [0.2, 0.25) is 0 Å². The van der Waals surface area contributed by atoms with Crippen molar-refractivity contribution in [3.8, 4) is 11.8 Å². The number of ether oxygens (including phenoxy) is 3. The molecular weight excluding hydrogens is 581 g/mol.